The number of carbonyl (C=O) groups excluding carboxylic acids is 1. The Morgan fingerprint density at radius 2 is 2.00 bits per heavy atom. The average Bonchev–Trinajstić information content (AvgIpc) is 2.74. The van der Waals surface area contributed by atoms with Gasteiger partial charge in [-0.15, -0.1) is 10.2 Å². The number of aryl methyl sites for hydroxylation is 1. The van der Waals surface area contributed by atoms with Gasteiger partial charge in [0.2, 0.25) is 0 Å². The summed E-state index contributed by atoms with van der Waals surface area (Å²) in [5.74, 6) is 1.83. The molecule has 1 aliphatic heterocycles. The predicted molar refractivity (Wildman–Crippen MR) is 76.7 cm³/mol. The Labute approximate surface area is 123 Å². The summed E-state index contributed by atoms with van der Waals surface area (Å²) in [5.41, 5.74) is 0.994. The Hall–Kier alpha value is -2.37. The molecule has 0 radical (unpaired) electrons. The van der Waals surface area contributed by atoms with Crippen molar-refractivity contribution in [1.82, 2.24) is 19.7 Å². The van der Waals surface area contributed by atoms with E-state index in [1.807, 2.05) is 37.3 Å². The molecule has 110 valence electrons. The van der Waals surface area contributed by atoms with Gasteiger partial charge in [-0.3, -0.25) is 0 Å². The van der Waals surface area contributed by atoms with Crippen LogP contribution in [0, 0.1) is 6.92 Å². The zero-order valence-corrected chi connectivity index (χ0v) is 12.0. The highest BCUT2D eigenvalue weighted by Crippen LogP contribution is 2.10. The van der Waals surface area contributed by atoms with Crippen LogP contribution >= 0.6 is 0 Å². The van der Waals surface area contributed by atoms with Gasteiger partial charge in [-0.2, -0.15) is 0 Å². The Kier molecular flexibility index (Phi) is 3.85. The molecule has 21 heavy (non-hydrogen) atoms. The van der Waals surface area contributed by atoms with Crippen molar-refractivity contribution in [2.24, 2.45) is 0 Å². The second-order valence-corrected chi connectivity index (χ2v) is 5.09. The van der Waals surface area contributed by atoms with E-state index in [-0.39, 0.29) is 6.09 Å². The maximum Gasteiger partial charge on any atom is 0.410 e. The molecule has 0 bridgehead atoms. The fourth-order valence-corrected chi connectivity index (χ4v) is 2.46. The van der Waals surface area contributed by atoms with E-state index in [2.05, 4.69) is 14.8 Å². The zero-order chi connectivity index (χ0) is 14.7. The van der Waals surface area contributed by atoms with Crippen LogP contribution in [0.5, 0.6) is 0 Å². The van der Waals surface area contributed by atoms with Crippen molar-refractivity contribution in [1.29, 1.82) is 0 Å². The van der Waals surface area contributed by atoms with Gasteiger partial charge in [-0.25, -0.2) is 4.79 Å². The first kappa shape index (κ1) is 13.6. The summed E-state index contributed by atoms with van der Waals surface area (Å²) in [5, 5.41) is 8.20. The number of benzene rings is 1. The van der Waals surface area contributed by atoms with Crippen molar-refractivity contribution in [3.05, 3.63) is 47.5 Å². The maximum absolute atomic E-state index is 12.1. The molecule has 0 fully saturated rings. The van der Waals surface area contributed by atoms with Crippen molar-refractivity contribution < 1.29 is 9.53 Å². The molecule has 2 aromatic rings. The molecule has 0 saturated carbocycles. The summed E-state index contributed by atoms with van der Waals surface area (Å²) in [6.07, 6.45) is 0.441. The molecule has 0 N–H and O–H groups in total. The third-order valence-electron chi connectivity index (χ3n) is 3.67. The fourth-order valence-electron chi connectivity index (χ4n) is 2.46. The highest BCUT2D eigenvalue weighted by molar-refractivity contribution is 5.67. The number of fused-ring (bicyclic) bond motifs is 1. The van der Waals surface area contributed by atoms with E-state index in [9.17, 15) is 4.79 Å². The molecule has 1 aromatic carbocycles. The third kappa shape index (κ3) is 3.04. The molecule has 0 aliphatic carbocycles. The number of hydrogen-bond donors (Lipinski definition) is 0. The molecule has 0 atom stereocenters. The van der Waals surface area contributed by atoms with Crippen molar-refractivity contribution in [2.45, 2.75) is 26.5 Å². The van der Waals surface area contributed by atoms with Crippen LogP contribution in [0.3, 0.4) is 0 Å². The first-order valence-electron chi connectivity index (χ1n) is 7.08. The van der Waals surface area contributed by atoms with Crippen LogP contribution in [0.25, 0.3) is 0 Å². The number of amides is 1. The maximum atomic E-state index is 12.1. The van der Waals surface area contributed by atoms with E-state index in [0.717, 1.165) is 17.2 Å². The predicted octanol–water partition coefficient (Wildman–Crippen LogP) is 1.78. The molecular weight excluding hydrogens is 268 g/mol. The Morgan fingerprint density at radius 3 is 2.81 bits per heavy atom. The van der Waals surface area contributed by atoms with E-state index in [4.69, 9.17) is 4.74 Å². The summed E-state index contributed by atoms with van der Waals surface area (Å²) in [4.78, 5) is 13.9. The quantitative estimate of drug-likeness (QED) is 0.844. The second kappa shape index (κ2) is 5.95. The summed E-state index contributed by atoms with van der Waals surface area (Å²) >= 11 is 0. The van der Waals surface area contributed by atoms with Gasteiger partial charge >= 0.3 is 6.09 Å². The van der Waals surface area contributed by atoms with Crippen LogP contribution in [-0.2, 0) is 24.3 Å². The van der Waals surface area contributed by atoms with Gasteiger partial charge in [0.1, 0.15) is 18.3 Å². The normalized spacial score (nSPS) is 14.4. The summed E-state index contributed by atoms with van der Waals surface area (Å²) in [7, 11) is 0. The number of rotatable bonds is 2. The lowest BCUT2D eigenvalue weighted by molar-refractivity contribution is 0.0968. The van der Waals surface area contributed by atoms with Crippen LogP contribution < -0.4 is 0 Å². The second-order valence-electron chi connectivity index (χ2n) is 5.09. The molecule has 0 spiro atoms. The molecule has 3 rings (SSSR count). The number of hydrogen-bond acceptors (Lipinski definition) is 4. The zero-order valence-electron chi connectivity index (χ0n) is 12.0. The Bertz CT molecular complexity index is 624. The van der Waals surface area contributed by atoms with Gasteiger partial charge in [0.25, 0.3) is 0 Å². The summed E-state index contributed by atoms with van der Waals surface area (Å²) < 4.78 is 7.43. The first-order chi connectivity index (χ1) is 10.2. The fraction of sp³-hybridized carbons (Fsp3) is 0.400. The van der Waals surface area contributed by atoms with Crippen molar-refractivity contribution >= 4 is 6.09 Å². The third-order valence-corrected chi connectivity index (χ3v) is 3.67. The van der Waals surface area contributed by atoms with E-state index in [0.29, 0.717) is 32.7 Å². The van der Waals surface area contributed by atoms with Crippen LogP contribution in [0.15, 0.2) is 30.3 Å². The minimum atomic E-state index is -0.268. The van der Waals surface area contributed by atoms with E-state index >= 15 is 0 Å². The summed E-state index contributed by atoms with van der Waals surface area (Å²) in [6, 6.07) is 9.70. The molecular formula is C15H18N4O2. The number of carbonyl (C=O) groups is 1. The molecule has 0 saturated heterocycles. The summed E-state index contributed by atoms with van der Waals surface area (Å²) in [6.45, 7) is 4.20. The minimum absolute atomic E-state index is 0.268. The smallest absolute Gasteiger partial charge is 0.410 e. The number of aromatic nitrogens is 3. The highest BCUT2D eigenvalue weighted by Gasteiger charge is 2.21. The Morgan fingerprint density at radius 1 is 1.19 bits per heavy atom. The topological polar surface area (TPSA) is 60.2 Å². The SMILES string of the molecule is Cc1nnc2n1CCN(C(=O)OCc1ccccc1)CC2. The van der Waals surface area contributed by atoms with Gasteiger partial charge in [0.15, 0.2) is 0 Å². The van der Waals surface area contributed by atoms with Gasteiger partial charge in [0.05, 0.1) is 0 Å². The van der Waals surface area contributed by atoms with Crippen molar-refractivity contribution in [3.63, 3.8) is 0 Å². The van der Waals surface area contributed by atoms with Gasteiger partial charge in [-0.1, -0.05) is 30.3 Å². The number of nitrogens with zero attached hydrogens (tertiary/aromatic N) is 4. The minimum Gasteiger partial charge on any atom is -0.445 e. The van der Waals surface area contributed by atoms with Gasteiger partial charge in [0, 0.05) is 26.1 Å². The Balaban J connectivity index is 1.57. The molecule has 1 aromatic heterocycles. The van der Waals surface area contributed by atoms with E-state index in [1.54, 1.807) is 4.90 Å². The molecule has 6 nitrogen and oxygen atoms in total. The average molecular weight is 286 g/mol. The van der Waals surface area contributed by atoms with Crippen LogP contribution in [0.2, 0.25) is 0 Å². The molecule has 2 heterocycles. The lowest BCUT2D eigenvalue weighted by Crippen LogP contribution is -2.34. The molecule has 0 unspecified atom stereocenters. The van der Waals surface area contributed by atoms with E-state index < -0.39 is 0 Å². The largest absolute Gasteiger partial charge is 0.445 e. The highest BCUT2D eigenvalue weighted by atomic mass is 16.6. The molecule has 6 heteroatoms. The first-order valence-corrected chi connectivity index (χ1v) is 7.08. The van der Waals surface area contributed by atoms with Crippen molar-refractivity contribution in [2.75, 3.05) is 13.1 Å². The van der Waals surface area contributed by atoms with Gasteiger partial charge in [-0.05, 0) is 12.5 Å². The van der Waals surface area contributed by atoms with Crippen molar-refractivity contribution in [3.8, 4) is 0 Å². The van der Waals surface area contributed by atoms with Crippen LogP contribution in [-0.4, -0.2) is 38.8 Å². The van der Waals surface area contributed by atoms with E-state index in [1.165, 1.54) is 0 Å². The lowest BCUT2D eigenvalue weighted by Gasteiger charge is -2.19. The standard InChI is InChI=1S/C15H18N4O2/c1-12-16-17-14-7-8-18(9-10-19(12)14)15(20)21-11-13-5-3-2-4-6-13/h2-6H,7-11H2,1H3. The number of ether oxygens (including phenoxy) is 1. The molecule has 1 amide bonds. The lowest BCUT2D eigenvalue weighted by atomic mass is 10.2. The van der Waals surface area contributed by atoms with Gasteiger partial charge < -0.3 is 14.2 Å². The van der Waals surface area contributed by atoms with Crippen LogP contribution in [0.1, 0.15) is 17.2 Å². The van der Waals surface area contributed by atoms with Crippen LogP contribution in [0.4, 0.5) is 4.79 Å². The molecule has 1 aliphatic rings. The monoisotopic (exact) mass is 286 g/mol.